The third-order valence-corrected chi connectivity index (χ3v) is 4.31. The molecule has 2 rings (SSSR count). The van der Waals surface area contributed by atoms with Gasteiger partial charge in [0, 0.05) is 11.3 Å². The Labute approximate surface area is 139 Å². The number of halogens is 1. The van der Waals surface area contributed by atoms with Crippen LogP contribution in [0.3, 0.4) is 0 Å². The van der Waals surface area contributed by atoms with E-state index in [1.165, 1.54) is 12.1 Å². The van der Waals surface area contributed by atoms with E-state index in [0.29, 0.717) is 10.8 Å². The van der Waals surface area contributed by atoms with Crippen molar-refractivity contribution in [2.75, 3.05) is 19.5 Å². The maximum absolute atomic E-state index is 12.0. The molecule has 0 amide bonds. The molecule has 0 radical (unpaired) electrons. The molecule has 0 heterocycles. The van der Waals surface area contributed by atoms with Crippen LogP contribution in [0.1, 0.15) is 10.4 Å². The SMILES string of the molecule is CS(=O)(=O)c1ccccc1C(=O)OCCOc1ccc(Cl)cc1. The van der Waals surface area contributed by atoms with Gasteiger partial charge in [0.05, 0.1) is 10.5 Å². The normalized spacial score (nSPS) is 11.0. The fourth-order valence-corrected chi connectivity index (χ4v) is 2.86. The Morgan fingerprint density at radius 3 is 2.35 bits per heavy atom. The number of esters is 1. The Bertz CT molecular complexity index is 784. The molecule has 0 aromatic heterocycles. The van der Waals surface area contributed by atoms with Crippen molar-refractivity contribution in [1.82, 2.24) is 0 Å². The van der Waals surface area contributed by atoms with Crippen molar-refractivity contribution in [1.29, 1.82) is 0 Å². The molecule has 0 saturated heterocycles. The van der Waals surface area contributed by atoms with Crippen molar-refractivity contribution >= 4 is 27.4 Å². The largest absolute Gasteiger partial charge is 0.490 e. The van der Waals surface area contributed by atoms with Crippen LogP contribution in [-0.4, -0.2) is 33.9 Å². The fraction of sp³-hybridized carbons (Fsp3) is 0.188. The number of rotatable bonds is 6. The van der Waals surface area contributed by atoms with Crippen LogP contribution in [0.15, 0.2) is 53.4 Å². The maximum Gasteiger partial charge on any atom is 0.339 e. The second kappa shape index (κ2) is 7.48. The van der Waals surface area contributed by atoms with E-state index in [9.17, 15) is 13.2 Å². The Kier molecular flexibility index (Phi) is 5.63. The fourth-order valence-electron chi connectivity index (χ4n) is 1.86. The first-order valence-corrected chi connectivity index (χ1v) is 8.99. The topological polar surface area (TPSA) is 69.7 Å². The number of hydrogen-bond acceptors (Lipinski definition) is 5. The first-order chi connectivity index (χ1) is 10.9. The third-order valence-electron chi connectivity index (χ3n) is 2.91. The lowest BCUT2D eigenvalue weighted by atomic mass is 10.2. The summed E-state index contributed by atoms with van der Waals surface area (Å²) in [7, 11) is -3.50. The van der Waals surface area contributed by atoms with Crippen LogP contribution in [0.4, 0.5) is 0 Å². The van der Waals surface area contributed by atoms with E-state index in [1.54, 1.807) is 36.4 Å². The number of carbonyl (C=O) groups excluding carboxylic acids is 1. The van der Waals surface area contributed by atoms with Crippen molar-refractivity contribution in [3.63, 3.8) is 0 Å². The zero-order valence-corrected chi connectivity index (χ0v) is 13.9. The van der Waals surface area contributed by atoms with Gasteiger partial charge in [-0.2, -0.15) is 0 Å². The van der Waals surface area contributed by atoms with Gasteiger partial charge in [-0.05, 0) is 36.4 Å². The number of sulfone groups is 1. The van der Waals surface area contributed by atoms with E-state index in [0.717, 1.165) is 6.26 Å². The standard InChI is InChI=1S/C16H15ClO5S/c1-23(19,20)15-5-3-2-4-14(15)16(18)22-11-10-21-13-8-6-12(17)7-9-13/h2-9H,10-11H2,1H3. The minimum Gasteiger partial charge on any atom is -0.490 e. The van der Waals surface area contributed by atoms with E-state index in [2.05, 4.69) is 0 Å². The van der Waals surface area contributed by atoms with Gasteiger partial charge in [-0.25, -0.2) is 13.2 Å². The minimum absolute atomic E-state index is 0.000441. The predicted octanol–water partition coefficient (Wildman–Crippen LogP) is 2.98. The lowest BCUT2D eigenvalue weighted by Gasteiger charge is -2.09. The summed E-state index contributed by atoms with van der Waals surface area (Å²) < 4.78 is 33.8. The van der Waals surface area contributed by atoms with Gasteiger partial charge in [0.1, 0.15) is 19.0 Å². The molecule has 0 unspecified atom stereocenters. The molecule has 0 N–H and O–H groups in total. The average molecular weight is 355 g/mol. The maximum atomic E-state index is 12.0. The zero-order chi connectivity index (χ0) is 16.9. The third kappa shape index (κ3) is 4.97. The lowest BCUT2D eigenvalue weighted by molar-refractivity contribution is 0.0446. The number of hydrogen-bond donors (Lipinski definition) is 0. The van der Waals surface area contributed by atoms with Crippen LogP contribution < -0.4 is 4.74 Å². The van der Waals surface area contributed by atoms with E-state index in [1.807, 2.05) is 0 Å². The highest BCUT2D eigenvalue weighted by atomic mass is 35.5. The lowest BCUT2D eigenvalue weighted by Crippen LogP contribution is -2.15. The monoisotopic (exact) mass is 354 g/mol. The molecule has 0 aliphatic heterocycles. The summed E-state index contributed by atoms with van der Waals surface area (Å²) in [4.78, 5) is 12.0. The van der Waals surface area contributed by atoms with Gasteiger partial charge in [-0.15, -0.1) is 0 Å². The van der Waals surface area contributed by atoms with Gasteiger partial charge < -0.3 is 9.47 Å². The summed E-state index contributed by atoms with van der Waals surface area (Å²) >= 11 is 5.76. The van der Waals surface area contributed by atoms with E-state index in [4.69, 9.17) is 21.1 Å². The molecule has 0 fully saturated rings. The highest BCUT2D eigenvalue weighted by Gasteiger charge is 2.19. The smallest absolute Gasteiger partial charge is 0.339 e. The summed E-state index contributed by atoms with van der Waals surface area (Å²) in [6, 6.07) is 12.7. The van der Waals surface area contributed by atoms with E-state index in [-0.39, 0.29) is 23.7 Å². The molecule has 23 heavy (non-hydrogen) atoms. The van der Waals surface area contributed by atoms with Gasteiger partial charge in [0.2, 0.25) is 0 Å². The quantitative estimate of drug-likeness (QED) is 0.589. The molecule has 0 bridgehead atoms. The molecule has 5 nitrogen and oxygen atoms in total. The van der Waals surface area contributed by atoms with Gasteiger partial charge in [-0.3, -0.25) is 0 Å². The van der Waals surface area contributed by atoms with Crippen LogP contribution >= 0.6 is 11.6 Å². The molecule has 0 spiro atoms. The summed E-state index contributed by atoms with van der Waals surface area (Å²) in [5.41, 5.74) is 0.0153. The second-order valence-electron chi connectivity index (χ2n) is 4.71. The summed E-state index contributed by atoms with van der Waals surface area (Å²) in [5, 5.41) is 0.598. The first-order valence-electron chi connectivity index (χ1n) is 6.72. The number of benzene rings is 2. The highest BCUT2D eigenvalue weighted by Crippen LogP contribution is 2.17. The Morgan fingerprint density at radius 1 is 1.04 bits per heavy atom. The predicted molar refractivity (Wildman–Crippen MR) is 86.8 cm³/mol. The Balaban J connectivity index is 1.92. The number of carbonyl (C=O) groups is 1. The van der Waals surface area contributed by atoms with Crippen LogP contribution in [0.25, 0.3) is 0 Å². The Morgan fingerprint density at radius 2 is 1.70 bits per heavy atom. The van der Waals surface area contributed by atoms with Crippen molar-refractivity contribution in [2.45, 2.75) is 4.90 Å². The van der Waals surface area contributed by atoms with Gasteiger partial charge in [0.15, 0.2) is 9.84 Å². The van der Waals surface area contributed by atoms with Gasteiger partial charge in [-0.1, -0.05) is 23.7 Å². The average Bonchev–Trinajstić information content (AvgIpc) is 2.52. The van der Waals surface area contributed by atoms with Crippen LogP contribution in [0.5, 0.6) is 5.75 Å². The van der Waals surface area contributed by atoms with Crippen molar-refractivity contribution in [3.05, 3.63) is 59.1 Å². The minimum atomic E-state index is -3.50. The van der Waals surface area contributed by atoms with Gasteiger partial charge in [0.25, 0.3) is 0 Å². The summed E-state index contributed by atoms with van der Waals surface area (Å²) in [6.45, 7) is 0.147. The van der Waals surface area contributed by atoms with E-state index >= 15 is 0 Å². The van der Waals surface area contributed by atoms with Crippen molar-refractivity contribution in [2.24, 2.45) is 0 Å². The van der Waals surface area contributed by atoms with Crippen LogP contribution in [-0.2, 0) is 14.6 Å². The molecule has 2 aromatic rings. The molecular formula is C16H15ClO5S. The summed E-state index contributed by atoms with van der Waals surface area (Å²) in [5.74, 6) is -0.104. The van der Waals surface area contributed by atoms with Crippen LogP contribution in [0, 0.1) is 0 Å². The highest BCUT2D eigenvalue weighted by molar-refractivity contribution is 7.90. The molecule has 122 valence electrons. The number of ether oxygens (including phenoxy) is 2. The molecule has 0 aliphatic carbocycles. The van der Waals surface area contributed by atoms with Crippen molar-refractivity contribution < 1.29 is 22.7 Å². The molecule has 0 aliphatic rings. The molecule has 0 saturated carbocycles. The molecule has 0 atom stereocenters. The molecule has 2 aromatic carbocycles. The zero-order valence-electron chi connectivity index (χ0n) is 12.4. The van der Waals surface area contributed by atoms with Crippen molar-refractivity contribution in [3.8, 4) is 5.75 Å². The summed E-state index contributed by atoms with van der Waals surface area (Å²) in [6.07, 6.45) is 1.04. The first kappa shape index (κ1) is 17.3. The second-order valence-corrected chi connectivity index (χ2v) is 7.13. The van der Waals surface area contributed by atoms with Gasteiger partial charge >= 0.3 is 5.97 Å². The van der Waals surface area contributed by atoms with E-state index < -0.39 is 15.8 Å². The Hall–Kier alpha value is -2.05. The molecule has 7 heteroatoms. The van der Waals surface area contributed by atoms with Crippen LogP contribution in [0.2, 0.25) is 5.02 Å². The molecular weight excluding hydrogens is 340 g/mol.